The molecule has 0 radical (unpaired) electrons. The third kappa shape index (κ3) is 6.63. The van der Waals surface area contributed by atoms with Gasteiger partial charge >= 0.3 is 12.3 Å². The molecule has 2 saturated carbocycles. The Bertz CT molecular complexity index is 512. The van der Waals surface area contributed by atoms with Crippen molar-refractivity contribution >= 4 is 12.2 Å². The Kier molecular flexibility index (Phi) is 7.50. The van der Waals surface area contributed by atoms with Gasteiger partial charge in [0.25, 0.3) is 0 Å². The lowest BCUT2D eigenvalue weighted by Gasteiger charge is -2.40. The van der Waals surface area contributed by atoms with Crippen molar-refractivity contribution in [1.29, 1.82) is 0 Å². The Morgan fingerprint density at radius 2 is 1.85 bits per heavy atom. The highest BCUT2D eigenvalue weighted by molar-refractivity contribution is 5.67. The highest BCUT2D eigenvalue weighted by atomic mass is 19.4. The molecule has 8 heteroatoms. The molecule has 0 heterocycles. The molecular formula is C18H27F3N2O3. The summed E-state index contributed by atoms with van der Waals surface area (Å²) >= 11 is 0. The average Bonchev–Trinajstić information content (AvgIpc) is 2.56. The molecular weight excluding hydrogens is 349 g/mol. The van der Waals surface area contributed by atoms with E-state index < -0.39 is 30.8 Å². The zero-order chi connectivity index (χ0) is 19.0. The molecule has 0 aromatic heterocycles. The molecule has 148 valence electrons. The number of rotatable bonds is 6. The second-order valence-corrected chi connectivity index (χ2v) is 7.49. The number of hydrogen-bond donors (Lipinski definition) is 1. The quantitative estimate of drug-likeness (QED) is 0.542. The van der Waals surface area contributed by atoms with Crippen molar-refractivity contribution in [2.45, 2.75) is 88.4 Å². The summed E-state index contributed by atoms with van der Waals surface area (Å²) in [6.07, 6.45) is 4.67. The lowest BCUT2D eigenvalue weighted by atomic mass is 9.71. The summed E-state index contributed by atoms with van der Waals surface area (Å²) in [5.74, 6) is 0.147. The minimum absolute atomic E-state index is 0.147. The zero-order valence-corrected chi connectivity index (χ0v) is 14.9. The molecule has 2 atom stereocenters. The van der Waals surface area contributed by atoms with Crippen molar-refractivity contribution in [2.75, 3.05) is 6.61 Å². The highest BCUT2D eigenvalue weighted by Crippen LogP contribution is 2.40. The van der Waals surface area contributed by atoms with E-state index >= 15 is 0 Å². The van der Waals surface area contributed by atoms with Crippen LogP contribution < -0.4 is 5.32 Å². The predicted molar refractivity (Wildman–Crippen MR) is 89.5 cm³/mol. The molecule has 0 spiro atoms. The summed E-state index contributed by atoms with van der Waals surface area (Å²) in [6, 6.07) is -0.150. The minimum atomic E-state index is -4.34. The number of aliphatic imine (C=N–C) groups is 1. The first-order chi connectivity index (χ1) is 12.3. The van der Waals surface area contributed by atoms with Crippen LogP contribution in [0.25, 0.3) is 0 Å². The number of amides is 1. The summed E-state index contributed by atoms with van der Waals surface area (Å²) in [4.78, 5) is 26.9. The van der Waals surface area contributed by atoms with Gasteiger partial charge in [-0.15, -0.1) is 0 Å². The van der Waals surface area contributed by atoms with Crippen LogP contribution in [0.15, 0.2) is 4.99 Å². The smallest absolute Gasteiger partial charge is 0.407 e. The number of nitrogens with one attached hydrogen (secondary N) is 1. The molecule has 26 heavy (non-hydrogen) atoms. The van der Waals surface area contributed by atoms with Crippen molar-refractivity contribution in [3.05, 3.63) is 0 Å². The second-order valence-electron chi connectivity index (χ2n) is 7.49. The molecule has 1 amide bonds. The number of carbonyl (C=O) groups excluding carboxylic acids is 2. The molecule has 2 rings (SSSR count). The van der Waals surface area contributed by atoms with Crippen LogP contribution in [0.4, 0.5) is 18.0 Å². The van der Waals surface area contributed by atoms with E-state index in [0.29, 0.717) is 6.42 Å². The van der Waals surface area contributed by atoms with Crippen molar-refractivity contribution in [1.82, 2.24) is 5.32 Å². The summed E-state index contributed by atoms with van der Waals surface area (Å²) in [5, 5.41) is 2.74. The molecule has 0 bridgehead atoms. The van der Waals surface area contributed by atoms with Gasteiger partial charge in [-0.25, -0.2) is 9.59 Å². The zero-order valence-electron chi connectivity index (χ0n) is 14.9. The fourth-order valence-electron chi connectivity index (χ4n) is 4.25. The van der Waals surface area contributed by atoms with Crippen LogP contribution in [0.2, 0.25) is 0 Å². The minimum Gasteiger partial charge on any atom is -0.449 e. The van der Waals surface area contributed by atoms with Crippen molar-refractivity contribution in [2.24, 2.45) is 10.9 Å². The van der Waals surface area contributed by atoms with Gasteiger partial charge in [-0.05, 0) is 38.0 Å². The van der Waals surface area contributed by atoms with Crippen molar-refractivity contribution in [3.63, 3.8) is 0 Å². The highest BCUT2D eigenvalue weighted by Gasteiger charge is 2.38. The van der Waals surface area contributed by atoms with Crippen LogP contribution >= 0.6 is 0 Å². The van der Waals surface area contributed by atoms with E-state index in [1.54, 1.807) is 6.08 Å². The summed E-state index contributed by atoms with van der Waals surface area (Å²) in [7, 11) is 0. The fourth-order valence-corrected chi connectivity index (χ4v) is 4.25. The third-order valence-corrected chi connectivity index (χ3v) is 5.54. The predicted octanol–water partition coefficient (Wildman–Crippen LogP) is 4.65. The number of alkyl carbamates (subject to hydrolysis) is 1. The molecule has 5 nitrogen and oxygen atoms in total. The number of carbonyl (C=O) groups is 1. The normalized spacial score (nSPS) is 25.8. The maximum Gasteiger partial charge on any atom is 0.407 e. The van der Waals surface area contributed by atoms with Crippen LogP contribution in [0.1, 0.15) is 70.6 Å². The Morgan fingerprint density at radius 1 is 1.15 bits per heavy atom. The van der Waals surface area contributed by atoms with E-state index in [4.69, 9.17) is 0 Å². The molecule has 1 N–H and O–H groups in total. The van der Waals surface area contributed by atoms with Gasteiger partial charge in [0.1, 0.15) is 6.61 Å². The van der Waals surface area contributed by atoms with Gasteiger partial charge in [-0.2, -0.15) is 18.2 Å². The molecule has 2 fully saturated rings. The first kappa shape index (κ1) is 20.7. The molecule has 0 aliphatic heterocycles. The largest absolute Gasteiger partial charge is 0.449 e. The van der Waals surface area contributed by atoms with Gasteiger partial charge in [0.05, 0.1) is 12.0 Å². The topological polar surface area (TPSA) is 67.8 Å². The average molecular weight is 376 g/mol. The van der Waals surface area contributed by atoms with E-state index in [1.807, 2.05) is 0 Å². The first-order valence-electron chi connectivity index (χ1n) is 9.43. The lowest BCUT2D eigenvalue weighted by Crippen LogP contribution is -2.45. The van der Waals surface area contributed by atoms with Crippen molar-refractivity contribution < 1.29 is 27.5 Å². The summed E-state index contributed by atoms with van der Waals surface area (Å²) in [6.45, 7) is -0.675. The van der Waals surface area contributed by atoms with Gasteiger partial charge < -0.3 is 10.1 Å². The Morgan fingerprint density at radius 3 is 2.50 bits per heavy atom. The molecule has 2 unspecified atom stereocenters. The van der Waals surface area contributed by atoms with E-state index in [9.17, 15) is 22.8 Å². The number of ether oxygens (including phenoxy) is 1. The van der Waals surface area contributed by atoms with Gasteiger partial charge in [0, 0.05) is 6.04 Å². The first-order valence-corrected chi connectivity index (χ1v) is 9.43. The van der Waals surface area contributed by atoms with Gasteiger partial charge in [0.15, 0.2) is 0 Å². The van der Waals surface area contributed by atoms with Crippen LogP contribution in [-0.2, 0) is 9.53 Å². The lowest BCUT2D eigenvalue weighted by molar-refractivity contribution is -0.141. The molecule has 2 aliphatic rings. The van der Waals surface area contributed by atoms with E-state index in [-0.39, 0.29) is 12.0 Å². The Hall–Kier alpha value is -1.56. The fraction of sp³-hybridized carbons (Fsp3) is 0.889. The number of nitrogens with zero attached hydrogens (tertiary/aromatic N) is 1. The third-order valence-electron chi connectivity index (χ3n) is 5.54. The molecule has 0 aromatic carbocycles. The Labute approximate surface area is 151 Å². The number of hydrogen-bond acceptors (Lipinski definition) is 4. The number of isocyanates is 1. The maximum absolute atomic E-state index is 12.1. The number of alkyl halides is 3. The van der Waals surface area contributed by atoms with Crippen molar-refractivity contribution in [3.8, 4) is 0 Å². The molecule has 0 aromatic rings. The summed E-state index contributed by atoms with van der Waals surface area (Å²) in [5.41, 5.74) is -0.401. The van der Waals surface area contributed by atoms with Crippen LogP contribution in [-0.4, -0.2) is 36.5 Å². The number of halogens is 3. The Balaban J connectivity index is 1.91. The SMILES string of the molecule is O=C=NC1(CC2CCCCC2NC(=O)OCCC(F)(F)F)CCCCC1. The van der Waals surface area contributed by atoms with Crippen LogP contribution in [0.5, 0.6) is 0 Å². The van der Waals surface area contributed by atoms with Gasteiger partial charge in [0.2, 0.25) is 6.08 Å². The van der Waals surface area contributed by atoms with Gasteiger partial charge in [-0.1, -0.05) is 32.1 Å². The second kappa shape index (κ2) is 9.40. The van der Waals surface area contributed by atoms with Crippen LogP contribution in [0, 0.1) is 5.92 Å². The van der Waals surface area contributed by atoms with E-state index in [2.05, 4.69) is 15.0 Å². The molecule has 0 saturated heterocycles. The monoisotopic (exact) mass is 376 g/mol. The maximum atomic E-state index is 12.1. The molecule has 2 aliphatic carbocycles. The van der Waals surface area contributed by atoms with E-state index in [1.165, 1.54) is 0 Å². The summed E-state index contributed by atoms with van der Waals surface area (Å²) < 4.78 is 41.1. The standard InChI is InChI=1S/C18H27F3N2O3/c19-18(20,21)10-11-26-16(25)23-15-7-3-2-6-14(15)12-17(22-13-24)8-4-1-5-9-17/h14-15H,1-12H2,(H,23,25). The van der Waals surface area contributed by atoms with Gasteiger partial charge in [-0.3, -0.25) is 0 Å². The van der Waals surface area contributed by atoms with Crippen LogP contribution in [0.3, 0.4) is 0 Å². The van der Waals surface area contributed by atoms with E-state index in [0.717, 1.165) is 57.8 Å².